The van der Waals surface area contributed by atoms with E-state index in [4.69, 9.17) is 4.98 Å². The molecule has 2 aromatic rings. The summed E-state index contributed by atoms with van der Waals surface area (Å²) in [7, 11) is 0. The van der Waals surface area contributed by atoms with Gasteiger partial charge in [-0.15, -0.1) is 11.3 Å². The predicted octanol–water partition coefficient (Wildman–Crippen LogP) is 3.26. The number of fused-ring (bicyclic) bond motifs is 1. The zero-order valence-electron chi connectivity index (χ0n) is 12.5. The van der Waals surface area contributed by atoms with Crippen LogP contribution in [0.15, 0.2) is 24.3 Å². The van der Waals surface area contributed by atoms with Crippen LogP contribution in [0.3, 0.4) is 0 Å². The molecule has 2 unspecified atom stereocenters. The van der Waals surface area contributed by atoms with Crippen LogP contribution in [0.2, 0.25) is 0 Å². The van der Waals surface area contributed by atoms with E-state index in [1.807, 2.05) is 11.3 Å². The van der Waals surface area contributed by atoms with Crippen molar-refractivity contribution in [1.29, 1.82) is 0 Å². The molecule has 0 radical (unpaired) electrons. The molecule has 0 bridgehead atoms. The number of rotatable bonds is 3. The number of thiazole rings is 1. The van der Waals surface area contributed by atoms with Gasteiger partial charge in [0.25, 0.3) is 0 Å². The fourth-order valence-electron chi connectivity index (χ4n) is 2.88. The average molecular weight is 289 g/mol. The van der Waals surface area contributed by atoms with E-state index < -0.39 is 0 Å². The number of hydrogen-bond donors (Lipinski definition) is 1. The summed E-state index contributed by atoms with van der Waals surface area (Å²) in [6, 6.07) is 8.98. The monoisotopic (exact) mass is 289 g/mol. The molecular formula is C16H23N3S. The highest BCUT2D eigenvalue weighted by Gasteiger charge is 2.35. The Morgan fingerprint density at radius 3 is 3.00 bits per heavy atom. The summed E-state index contributed by atoms with van der Waals surface area (Å²) >= 11 is 1.83. The lowest BCUT2D eigenvalue weighted by atomic mass is 9.92. The van der Waals surface area contributed by atoms with E-state index in [-0.39, 0.29) is 5.54 Å². The first-order valence-corrected chi connectivity index (χ1v) is 8.25. The van der Waals surface area contributed by atoms with Gasteiger partial charge in [-0.05, 0) is 32.4 Å². The van der Waals surface area contributed by atoms with Gasteiger partial charge in [-0.3, -0.25) is 4.90 Å². The number of nitrogens with zero attached hydrogens (tertiary/aromatic N) is 2. The lowest BCUT2D eigenvalue weighted by Crippen LogP contribution is -2.61. The van der Waals surface area contributed by atoms with E-state index in [1.165, 1.54) is 9.71 Å². The molecule has 1 aliphatic heterocycles. The summed E-state index contributed by atoms with van der Waals surface area (Å²) in [5, 5.41) is 4.84. The van der Waals surface area contributed by atoms with Crippen LogP contribution in [0.5, 0.6) is 0 Å². The largest absolute Gasteiger partial charge is 0.311 e. The summed E-state index contributed by atoms with van der Waals surface area (Å²) in [6.07, 6.45) is 1.16. The van der Waals surface area contributed by atoms with Crippen molar-refractivity contribution < 1.29 is 0 Å². The Labute approximate surface area is 125 Å². The molecule has 0 spiro atoms. The maximum atomic E-state index is 4.79. The highest BCUT2D eigenvalue weighted by atomic mass is 32.1. The van der Waals surface area contributed by atoms with Crippen LogP contribution in [0.4, 0.5) is 0 Å². The second kappa shape index (κ2) is 5.43. The van der Waals surface area contributed by atoms with Crippen LogP contribution in [0.25, 0.3) is 10.2 Å². The second-order valence-electron chi connectivity index (χ2n) is 6.09. The van der Waals surface area contributed by atoms with E-state index in [0.717, 1.165) is 31.6 Å². The Hall–Kier alpha value is -0.970. The van der Waals surface area contributed by atoms with Crippen LogP contribution >= 0.6 is 11.3 Å². The smallest absolute Gasteiger partial charge is 0.108 e. The van der Waals surface area contributed by atoms with Crippen molar-refractivity contribution in [1.82, 2.24) is 15.2 Å². The summed E-state index contributed by atoms with van der Waals surface area (Å²) in [5.41, 5.74) is 1.37. The maximum Gasteiger partial charge on any atom is 0.108 e. The molecule has 0 saturated carbocycles. The van der Waals surface area contributed by atoms with E-state index in [0.29, 0.717) is 6.04 Å². The number of hydrogen-bond acceptors (Lipinski definition) is 4. The van der Waals surface area contributed by atoms with Gasteiger partial charge in [-0.25, -0.2) is 4.98 Å². The van der Waals surface area contributed by atoms with Crippen molar-refractivity contribution in [3.8, 4) is 0 Å². The molecule has 0 amide bonds. The number of nitrogens with one attached hydrogen (secondary N) is 1. The van der Waals surface area contributed by atoms with E-state index in [9.17, 15) is 0 Å². The molecule has 1 saturated heterocycles. The van der Waals surface area contributed by atoms with Gasteiger partial charge in [-0.1, -0.05) is 19.1 Å². The molecule has 1 N–H and O–H groups in total. The fraction of sp³-hybridized carbons (Fsp3) is 0.562. The van der Waals surface area contributed by atoms with Crippen molar-refractivity contribution in [2.24, 2.45) is 0 Å². The van der Waals surface area contributed by atoms with E-state index in [1.54, 1.807) is 0 Å². The SMILES string of the molecule is CCC1(C)CNC(C)CN1Cc1nc2ccccc2s1. The number of aromatic nitrogens is 1. The molecule has 1 fully saturated rings. The fourth-order valence-corrected chi connectivity index (χ4v) is 3.86. The average Bonchev–Trinajstić information content (AvgIpc) is 2.85. The molecule has 1 aromatic heterocycles. The first-order valence-electron chi connectivity index (χ1n) is 7.43. The third-order valence-electron chi connectivity index (χ3n) is 4.52. The molecule has 3 nitrogen and oxygen atoms in total. The first-order chi connectivity index (χ1) is 9.60. The molecule has 2 heterocycles. The van der Waals surface area contributed by atoms with Crippen molar-refractivity contribution in [2.75, 3.05) is 13.1 Å². The molecule has 1 aromatic carbocycles. The van der Waals surface area contributed by atoms with Crippen molar-refractivity contribution >= 4 is 21.6 Å². The van der Waals surface area contributed by atoms with E-state index in [2.05, 4.69) is 55.3 Å². The third-order valence-corrected chi connectivity index (χ3v) is 5.54. The van der Waals surface area contributed by atoms with Crippen LogP contribution in [0, 0.1) is 0 Å². The molecule has 4 heteroatoms. The minimum absolute atomic E-state index is 0.240. The molecule has 2 atom stereocenters. The Morgan fingerprint density at radius 2 is 2.25 bits per heavy atom. The summed E-state index contributed by atoms with van der Waals surface area (Å²) < 4.78 is 1.30. The molecule has 108 valence electrons. The molecule has 3 rings (SSSR count). The van der Waals surface area contributed by atoms with Crippen LogP contribution in [0.1, 0.15) is 32.2 Å². The van der Waals surface area contributed by atoms with Gasteiger partial charge in [0.15, 0.2) is 0 Å². The Bertz CT molecular complexity index is 561. The Kier molecular flexibility index (Phi) is 3.80. The minimum atomic E-state index is 0.240. The predicted molar refractivity (Wildman–Crippen MR) is 86.2 cm³/mol. The summed E-state index contributed by atoms with van der Waals surface area (Å²) in [5.74, 6) is 0. The van der Waals surface area contributed by atoms with Gasteiger partial charge in [0.05, 0.1) is 16.8 Å². The second-order valence-corrected chi connectivity index (χ2v) is 7.20. The van der Waals surface area contributed by atoms with Gasteiger partial charge in [0.2, 0.25) is 0 Å². The normalized spacial score (nSPS) is 28.1. The van der Waals surface area contributed by atoms with Gasteiger partial charge >= 0.3 is 0 Å². The van der Waals surface area contributed by atoms with Crippen LogP contribution < -0.4 is 5.32 Å². The lowest BCUT2D eigenvalue weighted by Gasteiger charge is -2.47. The Morgan fingerprint density at radius 1 is 1.45 bits per heavy atom. The highest BCUT2D eigenvalue weighted by Crippen LogP contribution is 2.28. The highest BCUT2D eigenvalue weighted by molar-refractivity contribution is 7.18. The quantitative estimate of drug-likeness (QED) is 0.940. The summed E-state index contributed by atoms with van der Waals surface area (Å²) in [6.45, 7) is 10.0. The standard InChI is InChI=1S/C16H23N3S/c1-4-16(3)11-17-12(2)9-19(16)10-15-18-13-7-5-6-8-14(13)20-15/h5-8,12,17H,4,9-11H2,1-3H3. The van der Waals surface area contributed by atoms with Crippen molar-refractivity contribution in [2.45, 2.75) is 45.3 Å². The zero-order valence-corrected chi connectivity index (χ0v) is 13.3. The van der Waals surface area contributed by atoms with Crippen LogP contribution in [-0.2, 0) is 6.54 Å². The van der Waals surface area contributed by atoms with Gasteiger partial charge in [0, 0.05) is 24.7 Å². The third kappa shape index (κ3) is 2.60. The zero-order chi connectivity index (χ0) is 14.2. The summed E-state index contributed by atoms with van der Waals surface area (Å²) in [4.78, 5) is 7.39. The maximum absolute atomic E-state index is 4.79. The molecular weight excluding hydrogens is 266 g/mol. The number of benzene rings is 1. The Balaban J connectivity index is 1.84. The lowest BCUT2D eigenvalue weighted by molar-refractivity contribution is 0.0453. The number of piperazine rings is 1. The van der Waals surface area contributed by atoms with Gasteiger partial charge in [0.1, 0.15) is 5.01 Å². The minimum Gasteiger partial charge on any atom is -0.311 e. The first kappa shape index (κ1) is 14.0. The van der Waals surface area contributed by atoms with Crippen molar-refractivity contribution in [3.05, 3.63) is 29.3 Å². The van der Waals surface area contributed by atoms with Crippen molar-refractivity contribution in [3.63, 3.8) is 0 Å². The van der Waals surface area contributed by atoms with Gasteiger partial charge in [-0.2, -0.15) is 0 Å². The molecule has 1 aliphatic rings. The van der Waals surface area contributed by atoms with E-state index >= 15 is 0 Å². The number of para-hydroxylation sites is 1. The van der Waals surface area contributed by atoms with Gasteiger partial charge < -0.3 is 5.32 Å². The topological polar surface area (TPSA) is 28.2 Å². The molecule has 0 aliphatic carbocycles. The van der Waals surface area contributed by atoms with Crippen LogP contribution in [-0.4, -0.2) is 34.6 Å². The molecule has 20 heavy (non-hydrogen) atoms.